The Balaban J connectivity index is 2.61. The van der Waals surface area contributed by atoms with Gasteiger partial charge in [0.05, 0.1) is 10.7 Å². The number of benzene rings is 1. The number of aliphatic hydroxyl groups excluding tert-OH is 1. The predicted molar refractivity (Wildman–Crippen MR) is 79.2 cm³/mol. The number of nitrogens with one attached hydrogen (secondary N) is 1. The summed E-state index contributed by atoms with van der Waals surface area (Å²) >= 11 is 0. The van der Waals surface area contributed by atoms with Gasteiger partial charge in [0, 0.05) is 25.3 Å². The van der Waals surface area contributed by atoms with Crippen molar-refractivity contribution in [3.8, 4) is 0 Å². The van der Waals surface area contributed by atoms with E-state index in [1.165, 1.54) is 24.3 Å². The van der Waals surface area contributed by atoms with Gasteiger partial charge in [0.1, 0.15) is 0 Å². The van der Waals surface area contributed by atoms with Crippen LogP contribution in [0.3, 0.4) is 0 Å². The van der Waals surface area contributed by atoms with Crippen molar-refractivity contribution in [2.45, 2.75) is 25.5 Å². The third-order valence-corrected chi connectivity index (χ3v) is 4.53. The molecule has 1 rings (SSSR count). The third-order valence-electron chi connectivity index (χ3n) is 3.21. The molecule has 118 valence electrons. The Labute approximate surface area is 124 Å². The summed E-state index contributed by atoms with van der Waals surface area (Å²) < 4.78 is 26.4. The molecular formula is C13H20N2O5S. The van der Waals surface area contributed by atoms with Gasteiger partial charge in [-0.25, -0.2) is 13.1 Å². The number of nitro benzene ring substituents is 1. The van der Waals surface area contributed by atoms with Gasteiger partial charge in [-0.3, -0.25) is 10.1 Å². The zero-order valence-corrected chi connectivity index (χ0v) is 12.7. The van der Waals surface area contributed by atoms with Gasteiger partial charge < -0.3 is 5.11 Å². The Morgan fingerprint density at radius 1 is 1.33 bits per heavy atom. The normalized spacial score (nSPS) is 13.0. The predicted octanol–water partition coefficient (Wildman–Crippen LogP) is 1.42. The highest BCUT2D eigenvalue weighted by molar-refractivity contribution is 7.88. The molecule has 2 N–H and O–H groups in total. The van der Waals surface area contributed by atoms with Crippen LogP contribution in [0.2, 0.25) is 0 Å². The monoisotopic (exact) mass is 316 g/mol. The van der Waals surface area contributed by atoms with E-state index in [-0.39, 0.29) is 30.5 Å². The summed E-state index contributed by atoms with van der Waals surface area (Å²) in [5.74, 6) is -0.123. The lowest BCUT2D eigenvalue weighted by molar-refractivity contribution is -0.384. The summed E-state index contributed by atoms with van der Waals surface area (Å²) in [6.07, 6.45) is 1.33. The molecule has 1 aromatic carbocycles. The first kappa shape index (κ1) is 17.5. The van der Waals surface area contributed by atoms with Gasteiger partial charge in [0.25, 0.3) is 5.69 Å². The van der Waals surface area contributed by atoms with Crippen LogP contribution in [0.4, 0.5) is 5.69 Å². The number of rotatable bonds is 9. The van der Waals surface area contributed by atoms with Crippen LogP contribution in [-0.2, 0) is 15.8 Å². The molecule has 0 fully saturated rings. The molecule has 0 aromatic heterocycles. The van der Waals surface area contributed by atoms with Crippen molar-refractivity contribution in [1.82, 2.24) is 4.72 Å². The van der Waals surface area contributed by atoms with Crippen LogP contribution < -0.4 is 4.72 Å². The minimum absolute atomic E-state index is 0.0303. The van der Waals surface area contributed by atoms with Crippen molar-refractivity contribution in [2.24, 2.45) is 5.92 Å². The smallest absolute Gasteiger partial charge is 0.269 e. The van der Waals surface area contributed by atoms with Crippen molar-refractivity contribution in [3.05, 3.63) is 39.9 Å². The second kappa shape index (κ2) is 8.06. The van der Waals surface area contributed by atoms with Crippen LogP contribution >= 0.6 is 0 Å². The molecular weight excluding hydrogens is 296 g/mol. The van der Waals surface area contributed by atoms with E-state index in [1.807, 2.05) is 6.92 Å². The van der Waals surface area contributed by atoms with Crippen molar-refractivity contribution in [2.75, 3.05) is 13.2 Å². The number of nitro groups is 1. The van der Waals surface area contributed by atoms with Crippen LogP contribution in [0.5, 0.6) is 0 Å². The van der Waals surface area contributed by atoms with Gasteiger partial charge in [-0.05, 0) is 17.9 Å². The van der Waals surface area contributed by atoms with Crippen LogP contribution in [0.1, 0.15) is 25.3 Å². The highest BCUT2D eigenvalue weighted by Gasteiger charge is 2.15. The Bertz CT molecular complexity index is 556. The molecule has 1 unspecified atom stereocenters. The van der Waals surface area contributed by atoms with E-state index < -0.39 is 14.9 Å². The first-order chi connectivity index (χ1) is 9.88. The molecule has 0 heterocycles. The quantitative estimate of drug-likeness (QED) is 0.529. The fourth-order valence-corrected chi connectivity index (χ4v) is 3.09. The molecule has 0 aliphatic carbocycles. The Morgan fingerprint density at radius 3 is 2.43 bits per heavy atom. The Hall–Kier alpha value is -1.51. The first-order valence-electron chi connectivity index (χ1n) is 6.69. The summed E-state index contributed by atoms with van der Waals surface area (Å²) in [6.45, 7) is 2.25. The maximum absolute atomic E-state index is 11.9. The molecule has 7 nitrogen and oxygen atoms in total. The fourth-order valence-electron chi connectivity index (χ4n) is 1.86. The molecule has 0 saturated carbocycles. The van der Waals surface area contributed by atoms with E-state index in [2.05, 4.69) is 4.72 Å². The molecule has 0 radical (unpaired) electrons. The lowest BCUT2D eigenvalue weighted by atomic mass is 10.0. The Morgan fingerprint density at radius 2 is 1.95 bits per heavy atom. The minimum atomic E-state index is -3.49. The van der Waals surface area contributed by atoms with Gasteiger partial charge in [-0.1, -0.05) is 25.5 Å². The van der Waals surface area contributed by atoms with Gasteiger partial charge in [0.15, 0.2) is 0 Å². The highest BCUT2D eigenvalue weighted by Crippen LogP contribution is 2.14. The average molecular weight is 316 g/mol. The average Bonchev–Trinajstić information content (AvgIpc) is 2.43. The van der Waals surface area contributed by atoms with Gasteiger partial charge >= 0.3 is 0 Å². The van der Waals surface area contributed by atoms with E-state index in [9.17, 15) is 18.5 Å². The summed E-state index contributed by atoms with van der Waals surface area (Å²) in [7, 11) is -3.49. The SMILES string of the molecule is CCC(CCO)CNS(=O)(=O)Cc1ccc([N+](=O)[O-])cc1. The maximum Gasteiger partial charge on any atom is 0.269 e. The molecule has 0 aliphatic rings. The summed E-state index contributed by atoms with van der Waals surface area (Å²) in [5.41, 5.74) is 0.418. The molecule has 0 aliphatic heterocycles. The van der Waals surface area contributed by atoms with E-state index in [1.54, 1.807) is 0 Å². The lowest BCUT2D eigenvalue weighted by Gasteiger charge is -2.14. The number of sulfonamides is 1. The second-order valence-electron chi connectivity index (χ2n) is 4.82. The van der Waals surface area contributed by atoms with Crippen LogP contribution in [0, 0.1) is 16.0 Å². The molecule has 1 aromatic rings. The van der Waals surface area contributed by atoms with Crippen LogP contribution in [0.25, 0.3) is 0 Å². The summed E-state index contributed by atoms with van der Waals surface area (Å²) in [4.78, 5) is 9.99. The van der Waals surface area contributed by atoms with E-state index in [0.717, 1.165) is 6.42 Å². The Kier molecular flexibility index (Phi) is 6.73. The summed E-state index contributed by atoms with van der Waals surface area (Å²) in [5, 5.41) is 19.4. The summed E-state index contributed by atoms with van der Waals surface area (Å²) in [6, 6.07) is 5.43. The van der Waals surface area contributed by atoms with Crippen molar-refractivity contribution >= 4 is 15.7 Å². The topological polar surface area (TPSA) is 110 Å². The van der Waals surface area contributed by atoms with Crippen molar-refractivity contribution in [1.29, 1.82) is 0 Å². The highest BCUT2D eigenvalue weighted by atomic mass is 32.2. The first-order valence-corrected chi connectivity index (χ1v) is 8.34. The molecule has 8 heteroatoms. The third kappa shape index (κ3) is 6.19. The van der Waals surface area contributed by atoms with Gasteiger partial charge in [-0.2, -0.15) is 0 Å². The van der Waals surface area contributed by atoms with Crippen molar-refractivity contribution in [3.63, 3.8) is 0 Å². The number of hydrogen-bond donors (Lipinski definition) is 2. The zero-order chi connectivity index (χ0) is 15.9. The standard InChI is InChI=1S/C13H20N2O5S/c1-2-11(7-8-16)9-14-21(19,20)10-12-3-5-13(6-4-12)15(17)18/h3-6,11,14,16H,2,7-10H2,1H3. The second-order valence-corrected chi connectivity index (χ2v) is 6.62. The molecule has 0 bridgehead atoms. The van der Waals surface area contributed by atoms with Crippen molar-refractivity contribution < 1.29 is 18.4 Å². The largest absolute Gasteiger partial charge is 0.396 e. The van der Waals surface area contributed by atoms with E-state index >= 15 is 0 Å². The maximum atomic E-state index is 11.9. The number of non-ortho nitro benzene ring substituents is 1. The molecule has 1 atom stereocenters. The van der Waals surface area contributed by atoms with Crippen LogP contribution in [0.15, 0.2) is 24.3 Å². The molecule has 21 heavy (non-hydrogen) atoms. The number of nitrogens with zero attached hydrogens (tertiary/aromatic N) is 1. The van der Waals surface area contributed by atoms with Gasteiger partial charge in [0.2, 0.25) is 10.0 Å². The molecule has 0 saturated heterocycles. The molecule has 0 spiro atoms. The zero-order valence-electron chi connectivity index (χ0n) is 11.9. The van der Waals surface area contributed by atoms with E-state index in [4.69, 9.17) is 5.11 Å². The number of aliphatic hydroxyl groups is 1. The van der Waals surface area contributed by atoms with Crippen LogP contribution in [-0.4, -0.2) is 31.6 Å². The van der Waals surface area contributed by atoms with Gasteiger partial charge in [-0.15, -0.1) is 0 Å². The molecule has 0 amide bonds. The fraction of sp³-hybridized carbons (Fsp3) is 0.538. The van der Waals surface area contributed by atoms with E-state index in [0.29, 0.717) is 12.0 Å². The minimum Gasteiger partial charge on any atom is -0.396 e. The lowest BCUT2D eigenvalue weighted by Crippen LogP contribution is -2.30. The number of hydrogen-bond acceptors (Lipinski definition) is 5.